The highest BCUT2D eigenvalue weighted by Gasteiger charge is 2.16. The molecule has 0 unspecified atom stereocenters. The van der Waals surface area contributed by atoms with Gasteiger partial charge in [-0.05, 0) is 47.9 Å². The molecule has 0 spiro atoms. The lowest BCUT2D eigenvalue weighted by molar-refractivity contribution is 0.628. The molecule has 2 aromatic carbocycles. The lowest BCUT2D eigenvalue weighted by Crippen LogP contribution is -2.00. The molecule has 0 aliphatic rings. The van der Waals surface area contributed by atoms with Crippen LogP contribution in [0.4, 0.5) is 4.39 Å². The Morgan fingerprint density at radius 3 is 2.26 bits per heavy atom. The highest BCUT2D eigenvalue weighted by atomic mass is 19.1. The maximum Gasteiger partial charge on any atom is 0.191 e. The summed E-state index contributed by atoms with van der Waals surface area (Å²) in [5.74, 6) is 0.110. The fourth-order valence-electron chi connectivity index (χ4n) is 2.41. The molecule has 23 heavy (non-hydrogen) atoms. The first-order valence-corrected chi connectivity index (χ1v) is 7.32. The minimum Gasteiger partial charge on any atom is -0.211 e. The summed E-state index contributed by atoms with van der Waals surface area (Å²) in [5, 5.41) is 17.3. The van der Waals surface area contributed by atoms with Gasteiger partial charge in [0.25, 0.3) is 0 Å². The molecule has 3 aromatic rings. The van der Waals surface area contributed by atoms with E-state index in [0.29, 0.717) is 17.2 Å². The van der Waals surface area contributed by atoms with Crippen LogP contribution in [0.25, 0.3) is 16.9 Å². The third-order valence-corrected chi connectivity index (χ3v) is 3.70. The van der Waals surface area contributed by atoms with Crippen LogP contribution < -0.4 is 0 Å². The number of benzene rings is 2. The Balaban J connectivity index is 2.12. The van der Waals surface area contributed by atoms with E-state index in [-0.39, 0.29) is 11.5 Å². The fourth-order valence-corrected chi connectivity index (χ4v) is 2.41. The third kappa shape index (κ3) is 2.84. The van der Waals surface area contributed by atoms with Crippen LogP contribution in [0.15, 0.2) is 48.5 Å². The topological polar surface area (TPSA) is 54.5 Å². The van der Waals surface area contributed by atoms with E-state index >= 15 is 0 Å². The number of hydrogen-bond donors (Lipinski definition) is 0. The second kappa shape index (κ2) is 6.01. The molecule has 4 nitrogen and oxygen atoms in total. The van der Waals surface area contributed by atoms with Crippen LogP contribution in [0.2, 0.25) is 0 Å². The van der Waals surface area contributed by atoms with Gasteiger partial charge in [0.15, 0.2) is 5.69 Å². The van der Waals surface area contributed by atoms with Crippen LogP contribution in [0, 0.1) is 17.1 Å². The first kappa shape index (κ1) is 14.9. The van der Waals surface area contributed by atoms with Gasteiger partial charge in [-0.15, -0.1) is 5.10 Å². The molecule has 0 bridgehead atoms. The minimum atomic E-state index is -0.326. The summed E-state index contributed by atoms with van der Waals surface area (Å²) >= 11 is 0. The Labute approximate surface area is 133 Å². The number of nitriles is 1. The standard InChI is InChI=1S/C18H15FN4/c1-12(2)13-5-9-16(10-6-13)23-18(17(11-20)21-22-23)14-3-7-15(19)8-4-14/h3-10,12H,1-2H3. The van der Waals surface area contributed by atoms with Crippen LogP contribution in [0.5, 0.6) is 0 Å². The van der Waals surface area contributed by atoms with Crippen LogP contribution in [0.1, 0.15) is 31.0 Å². The number of halogens is 1. The molecule has 0 saturated carbocycles. The molecule has 0 saturated heterocycles. The molecule has 0 aliphatic heterocycles. The lowest BCUT2D eigenvalue weighted by Gasteiger charge is -2.09. The van der Waals surface area contributed by atoms with E-state index in [1.54, 1.807) is 16.8 Å². The van der Waals surface area contributed by atoms with E-state index in [4.69, 9.17) is 0 Å². The molecule has 0 radical (unpaired) electrons. The fraction of sp³-hybridized carbons (Fsp3) is 0.167. The summed E-state index contributed by atoms with van der Waals surface area (Å²) in [4.78, 5) is 0. The van der Waals surface area contributed by atoms with E-state index < -0.39 is 0 Å². The van der Waals surface area contributed by atoms with E-state index in [2.05, 4.69) is 24.2 Å². The Hall–Kier alpha value is -3.00. The van der Waals surface area contributed by atoms with Crippen LogP contribution in [0.3, 0.4) is 0 Å². The van der Waals surface area contributed by atoms with Crippen LogP contribution in [-0.4, -0.2) is 15.0 Å². The summed E-state index contributed by atoms with van der Waals surface area (Å²) in [5.41, 5.74) is 3.50. The molecule has 0 N–H and O–H groups in total. The molecule has 5 heteroatoms. The van der Waals surface area contributed by atoms with Crippen molar-refractivity contribution in [1.29, 1.82) is 5.26 Å². The van der Waals surface area contributed by atoms with Gasteiger partial charge < -0.3 is 0 Å². The van der Waals surface area contributed by atoms with Crippen molar-refractivity contribution in [2.24, 2.45) is 0 Å². The highest BCUT2D eigenvalue weighted by Crippen LogP contribution is 2.26. The average molecular weight is 306 g/mol. The van der Waals surface area contributed by atoms with E-state index in [1.165, 1.54) is 17.7 Å². The zero-order chi connectivity index (χ0) is 16.4. The molecule has 0 fully saturated rings. The minimum absolute atomic E-state index is 0.213. The predicted molar refractivity (Wildman–Crippen MR) is 85.6 cm³/mol. The van der Waals surface area contributed by atoms with Gasteiger partial charge in [0, 0.05) is 5.56 Å². The molecule has 1 aromatic heterocycles. The number of rotatable bonds is 3. The molecule has 1 heterocycles. The van der Waals surface area contributed by atoms with Gasteiger partial charge in [0.2, 0.25) is 0 Å². The summed E-state index contributed by atoms with van der Waals surface area (Å²) in [7, 11) is 0. The van der Waals surface area contributed by atoms with Gasteiger partial charge >= 0.3 is 0 Å². The summed E-state index contributed by atoms with van der Waals surface area (Å²) < 4.78 is 14.8. The van der Waals surface area contributed by atoms with Crippen LogP contribution >= 0.6 is 0 Å². The Morgan fingerprint density at radius 1 is 1.04 bits per heavy atom. The maximum atomic E-state index is 13.2. The van der Waals surface area contributed by atoms with Gasteiger partial charge in [-0.1, -0.05) is 31.2 Å². The second-order valence-corrected chi connectivity index (χ2v) is 5.56. The first-order chi connectivity index (χ1) is 11.1. The average Bonchev–Trinajstić information content (AvgIpc) is 2.99. The van der Waals surface area contributed by atoms with Crippen molar-refractivity contribution in [3.63, 3.8) is 0 Å². The van der Waals surface area contributed by atoms with E-state index in [1.807, 2.05) is 30.3 Å². The molecule has 114 valence electrons. The van der Waals surface area contributed by atoms with Crippen molar-refractivity contribution in [3.8, 4) is 23.0 Å². The van der Waals surface area contributed by atoms with Crippen molar-refractivity contribution in [3.05, 3.63) is 65.6 Å². The summed E-state index contributed by atoms with van der Waals surface area (Å²) in [6.07, 6.45) is 0. The largest absolute Gasteiger partial charge is 0.211 e. The van der Waals surface area contributed by atoms with Crippen molar-refractivity contribution >= 4 is 0 Å². The van der Waals surface area contributed by atoms with Crippen LogP contribution in [-0.2, 0) is 0 Å². The predicted octanol–water partition coefficient (Wildman–Crippen LogP) is 4.07. The van der Waals surface area contributed by atoms with Crippen molar-refractivity contribution < 1.29 is 4.39 Å². The summed E-state index contributed by atoms with van der Waals surface area (Å²) in [6, 6.07) is 15.9. The van der Waals surface area contributed by atoms with Crippen molar-refractivity contribution in [2.45, 2.75) is 19.8 Å². The lowest BCUT2D eigenvalue weighted by atomic mass is 10.0. The molecule has 0 aliphatic carbocycles. The smallest absolute Gasteiger partial charge is 0.191 e. The zero-order valence-corrected chi connectivity index (χ0v) is 12.9. The van der Waals surface area contributed by atoms with Crippen molar-refractivity contribution in [2.75, 3.05) is 0 Å². The highest BCUT2D eigenvalue weighted by molar-refractivity contribution is 5.67. The van der Waals surface area contributed by atoms with E-state index in [9.17, 15) is 9.65 Å². The normalized spacial score (nSPS) is 10.7. The molecular weight excluding hydrogens is 291 g/mol. The Morgan fingerprint density at radius 2 is 1.70 bits per heavy atom. The molecule has 0 atom stereocenters. The molecule has 0 amide bonds. The number of nitrogens with zero attached hydrogens (tertiary/aromatic N) is 4. The Kier molecular flexibility index (Phi) is 3.90. The first-order valence-electron chi connectivity index (χ1n) is 7.32. The van der Waals surface area contributed by atoms with Gasteiger partial charge in [0.05, 0.1) is 5.69 Å². The molecule has 3 rings (SSSR count). The van der Waals surface area contributed by atoms with Gasteiger partial charge in [-0.2, -0.15) is 5.26 Å². The summed E-state index contributed by atoms with van der Waals surface area (Å²) in [6.45, 7) is 4.25. The number of hydrogen-bond acceptors (Lipinski definition) is 3. The number of aromatic nitrogens is 3. The quantitative estimate of drug-likeness (QED) is 0.733. The molecular formula is C18H15FN4. The monoisotopic (exact) mass is 306 g/mol. The second-order valence-electron chi connectivity index (χ2n) is 5.56. The SMILES string of the molecule is CC(C)c1ccc(-n2nnc(C#N)c2-c2ccc(F)cc2)cc1. The Bertz CT molecular complexity index is 856. The maximum absolute atomic E-state index is 13.2. The van der Waals surface area contributed by atoms with Gasteiger partial charge in [0.1, 0.15) is 17.6 Å². The van der Waals surface area contributed by atoms with Gasteiger partial charge in [-0.3, -0.25) is 0 Å². The van der Waals surface area contributed by atoms with E-state index in [0.717, 1.165) is 5.69 Å². The van der Waals surface area contributed by atoms with Gasteiger partial charge in [-0.25, -0.2) is 9.07 Å². The zero-order valence-electron chi connectivity index (χ0n) is 12.9. The third-order valence-electron chi connectivity index (χ3n) is 3.70. The van der Waals surface area contributed by atoms with Crippen molar-refractivity contribution in [1.82, 2.24) is 15.0 Å².